The molecule has 0 aromatic carbocycles. The molecule has 30 heavy (non-hydrogen) atoms. The van der Waals surface area contributed by atoms with Gasteiger partial charge >= 0.3 is 0 Å². The van der Waals surface area contributed by atoms with E-state index in [-0.39, 0.29) is 0 Å². The third-order valence-corrected chi connectivity index (χ3v) is 5.36. The van der Waals surface area contributed by atoms with Crippen LogP contribution in [0.2, 0.25) is 0 Å². The molecule has 0 amide bonds. The Morgan fingerprint density at radius 3 is 1.27 bits per heavy atom. The summed E-state index contributed by atoms with van der Waals surface area (Å²) in [5.41, 5.74) is 0. The molecule has 0 aliphatic rings. The van der Waals surface area contributed by atoms with Crippen LogP contribution in [0.5, 0.6) is 0 Å². The Morgan fingerprint density at radius 1 is 0.367 bits per heavy atom. The molecule has 0 unspecified atom stereocenters. The van der Waals surface area contributed by atoms with E-state index in [4.69, 9.17) is 0 Å². The lowest BCUT2D eigenvalue weighted by molar-refractivity contribution is 0.583. The van der Waals surface area contributed by atoms with E-state index in [2.05, 4.69) is 55.7 Å². The fraction of sp³-hybridized carbons (Fsp3) is 0.600. The highest BCUT2D eigenvalue weighted by atomic mass is 14.0. The molecule has 0 nitrogen and oxygen atoms in total. The van der Waals surface area contributed by atoms with E-state index in [0.717, 1.165) is 6.42 Å². The molecule has 0 bridgehead atoms. The fourth-order valence-electron chi connectivity index (χ4n) is 3.48. The van der Waals surface area contributed by atoms with Crippen molar-refractivity contribution < 1.29 is 0 Å². The Kier molecular flexibility index (Phi) is 26.0. The Bertz CT molecular complexity index is 460. The lowest BCUT2D eigenvalue weighted by Crippen LogP contribution is -1.80. The summed E-state index contributed by atoms with van der Waals surface area (Å²) >= 11 is 0. The van der Waals surface area contributed by atoms with Gasteiger partial charge in [0.05, 0.1) is 0 Å². The van der Waals surface area contributed by atoms with E-state index in [1.165, 1.54) is 109 Å². The van der Waals surface area contributed by atoms with Gasteiger partial charge in [0.2, 0.25) is 0 Å². The van der Waals surface area contributed by atoms with Crippen molar-refractivity contribution in [3.63, 3.8) is 0 Å². The number of hydrogen-bond acceptors (Lipinski definition) is 0. The second-order valence-corrected chi connectivity index (χ2v) is 8.27. The standard InChI is InChI=1S/C30H50/c1-3-5-7-9-11-13-15-17-19-21-23-25-27-29-30-28-26-24-22-20-18-16-14-12-10-8-6-4-2/h3-5,7,11,13,22,24,26,28H,1-2,6,8-10,12,14-21,23,25,27,29-30H2. The molecular weight excluding hydrogens is 360 g/mol. The summed E-state index contributed by atoms with van der Waals surface area (Å²) < 4.78 is 0. The first-order valence-corrected chi connectivity index (χ1v) is 12.8. The average Bonchev–Trinajstić information content (AvgIpc) is 2.76. The Hall–Kier alpha value is -1.56. The molecule has 0 aliphatic heterocycles. The average molecular weight is 411 g/mol. The van der Waals surface area contributed by atoms with Crippen LogP contribution in [0, 0.1) is 0 Å². The summed E-state index contributed by atoms with van der Waals surface area (Å²) in [4.78, 5) is 0. The van der Waals surface area contributed by atoms with Gasteiger partial charge in [0.1, 0.15) is 0 Å². The van der Waals surface area contributed by atoms with Crippen molar-refractivity contribution in [1.29, 1.82) is 0 Å². The van der Waals surface area contributed by atoms with E-state index in [1.54, 1.807) is 0 Å². The zero-order valence-corrected chi connectivity index (χ0v) is 19.9. The summed E-state index contributed by atoms with van der Waals surface area (Å²) in [7, 11) is 0. The smallest absolute Gasteiger partial charge is 0.0166 e. The number of allylic oxidation sites excluding steroid dienone is 10. The molecule has 0 saturated carbocycles. The number of hydrogen-bond donors (Lipinski definition) is 0. The highest BCUT2D eigenvalue weighted by Gasteiger charge is 1.91. The van der Waals surface area contributed by atoms with Crippen molar-refractivity contribution >= 4 is 0 Å². The van der Waals surface area contributed by atoms with Crippen LogP contribution >= 0.6 is 0 Å². The SMILES string of the molecule is C=CC=CCC=CCCCCCCCCCC=CC=CCCCCCCCCC=C. The topological polar surface area (TPSA) is 0 Å². The van der Waals surface area contributed by atoms with Crippen molar-refractivity contribution in [3.8, 4) is 0 Å². The Balaban J connectivity index is 3.22. The van der Waals surface area contributed by atoms with Crippen LogP contribution in [0.3, 0.4) is 0 Å². The van der Waals surface area contributed by atoms with E-state index in [1.807, 2.05) is 18.2 Å². The molecule has 0 N–H and O–H groups in total. The van der Waals surface area contributed by atoms with Crippen molar-refractivity contribution in [2.75, 3.05) is 0 Å². The molecular formula is C30H50. The Morgan fingerprint density at radius 2 is 0.800 bits per heavy atom. The van der Waals surface area contributed by atoms with Crippen LogP contribution in [0.25, 0.3) is 0 Å². The van der Waals surface area contributed by atoms with Gasteiger partial charge in [-0.1, -0.05) is 125 Å². The van der Waals surface area contributed by atoms with Crippen LogP contribution in [0.4, 0.5) is 0 Å². The largest absolute Gasteiger partial charge is 0.103 e. The predicted molar refractivity (Wildman–Crippen MR) is 140 cm³/mol. The summed E-state index contributed by atoms with van der Waals surface area (Å²) in [5.74, 6) is 0. The summed E-state index contributed by atoms with van der Waals surface area (Å²) in [6, 6.07) is 0. The second-order valence-electron chi connectivity index (χ2n) is 8.27. The first-order valence-electron chi connectivity index (χ1n) is 12.8. The van der Waals surface area contributed by atoms with E-state index in [0.29, 0.717) is 0 Å². The first kappa shape index (κ1) is 28.4. The number of rotatable bonds is 23. The van der Waals surface area contributed by atoms with Gasteiger partial charge in [-0.15, -0.1) is 6.58 Å². The van der Waals surface area contributed by atoms with E-state index < -0.39 is 0 Å². The molecule has 0 spiro atoms. The molecule has 0 radical (unpaired) electrons. The van der Waals surface area contributed by atoms with Crippen molar-refractivity contribution in [3.05, 3.63) is 73.9 Å². The minimum atomic E-state index is 1.03. The molecule has 0 heteroatoms. The molecule has 0 fully saturated rings. The normalized spacial score (nSPS) is 12.1. The molecule has 0 saturated heterocycles. The van der Waals surface area contributed by atoms with E-state index in [9.17, 15) is 0 Å². The van der Waals surface area contributed by atoms with Crippen LogP contribution in [-0.2, 0) is 0 Å². The molecule has 0 rings (SSSR count). The minimum Gasteiger partial charge on any atom is -0.103 e. The van der Waals surface area contributed by atoms with Crippen LogP contribution in [0.15, 0.2) is 73.9 Å². The summed E-state index contributed by atoms with van der Waals surface area (Å²) in [6.45, 7) is 7.45. The summed E-state index contributed by atoms with van der Waals surface area (Å²) in [5, 5.41) is 0. The molecule has 0 aliphatic carbocycles. The highest BCUT2D eigenvalue weighted by Crippen LogP contribution is 2.11. The monoisotopic (exact) mass is 410 g/mol. The molecule has 0 aromatic rings. The van der Waals surface area contributed by atoms with Crippen molar-refractivity contribution in [2.24, 2.45) is 0 Å². The van der Waals surface area contributed by atoms with Gasteiger partial charge in [-0.2, -0.15) is 0 Å². The molecule has 170 valence electrons. The fourth-order valence-corrected chi connectivity index (χ4v) is 3.48. The lowest BCUT2D eigenvalue weighted by Gasteiger charge is -2.00. The molecule has 0 heterocycles. The third kappa shape index (κ3) is 26.4. The third-order valence-electron chi connectivity index (χ3n) is 5.36. The number of unbranched alkanes of at least 4 members (excludes halogenated alkanes) is 15. The second kappa shape index (κ2) is 27.4. The van der Waals surface area contributed by atoms with Gasteiger partial charge in [0.15, 0.2) is 0 Å². The summed E-state index contributed by atoms with van der Waals surface area (Å²) in [6.07, 6.45) is 45.6. The van der Waals surface area contributed by atoms with Crippen LogP contribution < -0.4 is 0 Å². The maximum absolute atomic E-state index is 3.77. The van der Waals surface area contributed by atoms with Gasteiger partial charge in [0.25, 0.3) is 0 Å². The lowest BCUT2D eigenvalue weighted by atomic mass is 10.1. The minimum absolute atomic E-state index is 1.03. The van der Waals surface area contributed by atoms with Crippen LogP contribution in [-0.4, -0.2) is 0 Å². The predicted octanol–water partition coefficient (Wildman–Crippen LogP) is 10.6. The van der Waals surface area contributed by atoms with Crippen LogP contribution in [0.1, 0.15) is 116 Å². The maximum atomic E-state index is 3.77. The zero-order valence-electron chi connectivity index (χ0n) is 19.9. The zero-order chi connectivity index (χ0) is 21.8. The van der Waals surface area contributed by atoms with Gasteiger partial charge in [-0.25, -0.2) is 0 Å². The molecule has 0 atom stereocenters. The molecule has 0 aromatic heterocycles. The van der Waals surface area contributed by atoms with Gasteiger partial charge in [-0.3, -0.25) is 0 Å². The van der Waals surface area contributed by atoms with Crippen molar-refractivity contribution in [2.45, 2.75) is 116 Å². The first-order chi connectivity index (χ1) is 14.9. The van der Waals surface area contributed by atoms with Gasteiger partial charge in [-0.05, 0) is 57.8 Å². The van der Waals surface area contributed by atoms with Gasteiger partial charge in [0, 0.05) is 0 Å². The van der Waals surface area contributed by atoms with Crippen molar-refractivity contribution in [1.82, 2.24) is 0 Å². The quantitative estimate of drug-likeness (QED) is 0.0892. The maximum Gasteiger partial charge on any atom is -0.0166 e. The Labute approximate surface area is 189 Å². The van der Waals surface area contributed by atoms with Gasteiger partial charge < -0.3 is 0 Å². The highest BCUT2D eigenvalue weighted by molar-refractivity contribution is 5.02. The van der Waals surface area contributed by atoms with E-state index >= 15 is 0 Å².